The van der Waals surface area contributed by atoms with Crippen molar-refractivity contribution in [2.45, 2.75) is 13.1 Å². The maximum absolute atomic E-state index is 12.6. The number of nitrogens with one attached hydrogen (secondary N) is 1. The van der Waals surface area contributed by atoms with Crippen LogP contribution in [0.25, 0.3) is 0 Å². The topological polar surface area (TPSA) is 59.1 Å². The van der Waals surface area contributed by atoms with Crippen LogP contribution in [0.1, 0.15) is 32.6 Å². The third-order valence-corrected chi connectivity index (χ3v) is 3.42. The number of halogens is 3. The molecule has 0 atom stereocenters. The lowest BCUT2D eigenvalue weighted by Crippen LogP contribution is -2.17. The van der Waals surface area contributed by atoms with Crippen LogP contribution in [0.5, 0.6) is 0 Å². The van der Waals surface area contributed by atoms with Gasteiger partial charge in [-0.3, -0.25) is 9.59 Å². The van der Waals surface area contributed by atoms with Crippen LogP contribution >= 0.6 is 11.3 Å². The highest BCUT2D eigenvalue weighted by Gasteiger charge is 2.38. The summed E-state index contributed by atoms with van der Waals surface area (Å²) in [7, 11) is 0. The summed E-state index contributed by atoms with van der Waals surface area (Å²) in [4.78, 5) is 25.6. The van der Waals surface area contributed by atoms with E-state index in [1.807, 2.05) is 0 Å². The van der Waals surface area contributed by atoms with Crippen LogP contribution in [-0.2, 0) is 6.18 Å². The number of hydrogen-bond acceptors (Lipinski definition) is 4. The molecular formula is C13H9F3N2O2S. The van der Waals surface area contributed by atoms with Crippen LogP contribution < -0.4 is 5.32 Å². The van der Waals surface area contributed by atoms with Crippen LogP contribution in [0.15, 0.2) is 29.8 Å². The van der Waals surface area contributed by atoms with E-state index in [0.29, 0.717) is 22.6 Å². The molecule has 1 heterocycles. The molecule has 1 amide bonds. The average molecular weight is 314 g/mol. The van der Waals surface area contributed by atoms with Gasteiger partial charge >= 0.3 is 6.18 Å². The van der Waals surface area contributed by atoms with Crippen molar-refractivity contribution in [3.05, 3.63) is 45.9 Å². The number of Topliss-reactive ketones (excluding diaryl/α,β-unsaturated/α-hetero) is 1. The molecule has 0 aliphatic rings. The normalized spacial score (nSPS) is 11.2. The fourth-order valence-electron chi connectivity index (χ4n) is 1.59. The van der Waals surface area contributed by atoms with Crippen LogP contribution in [0.4, 0.5) is 18.9 Å². The number of carbonyl (C=O) groups excluding carboxylic acids is 2. The molecule has 0 aliphatic carbocycles. The van der Waals surface area contributed by atoms with Crippen molar-refractivity contribution in [1.82, 2.24) is 4.98 Å². The van der Waals surface area contributed by atoms with E-state index in [2.05, 4.69) is 10.3 Å². The number of amides is 1. The number of aromatic nitrogens is 1. The quantitative estimate of drug-likeness (QED) is 0.880. The van der Waals surface area contributed by atoms with Crippen molar-refractivity contribution in [2.75, 3.05) is 5.32 Å². The van der Waals surface area contributed by atoms with E-state index >= 15 is 0 Å². The summed E-state index contributed by atoms with van der Waals surface area (Å²) in [5.74, 6) is -1.03. The molecule has 0 spiro atoms. The molecular weight excluding hydrogens is 305 g/mol. The van der Waals surface area contributed by atoms with E-state index in [-0.39, 0.29) is 5.78 Å². The zero-order chi connectivity index (χ0) is 15.6. The standard InChI is InChI=1S/C13H9F3N2O2S/c1-7(19)8-2-4-9(5-3-8)18-12(20)10-11(13(14,15)16)17-6-21-10/h2-6H,1H3,(H,18,20). The molecule has 2 aromatic rings. The lowest BCUT2D eigenvalue weighted by molar-refractivity contribution is -0.141. The largest absolute Gasteiger partial charge is 0.434 e. The first-order chi connectivity index (χ1) is 9.79. The number of nitrogens with zero attached hydrogens (tertiary/aromatic N) is 1. The van der Waals surface area contributed by atoms with Crippen LogP contribution in [0.2, 0.25) is 0 Å². The first-order valence-corrected chi connectivity index (χ1v) is 6.60. The molecule has 0 fully saturated rings. The predicted octanol–water partition coefficient (Wildman–Crippen LogP) is 3.62. The first-order valence-electron chi connectivity index (χ1n) is 5.72. The van der Waals surface area contributed by atoms with Crippen molar-refractivity contribution in [2.24, 2.45) is 0 Å². The monoisotopic (exact) mass is 314 g/mol. The number of rotatable bonds is 3. The second-order valence-corrected chi connectivity index (χ2v) is 4.97. The van der Waals surface area contributed by atoms with E-state index in [1.165, 1.54) is 31.2 Å². The van der Waals surface area contributed by atoms with E-state index in [9.17, 15) is 22.8 Å². The van der Waals surface area contributed by atoms with Crippen molar-refractivity contribution in [3.63, 3.8) is 0 Å². The summed E-state index contributed by atoms with van der Waals surface area (Å²) in [6.07, 6.45) is -4.68. The van der Waals surface area contributed by atoms with Gasteiger partial charge in [0.2, 0.25) is 0 Å². The molecule has 4 nitrogen and oxygen atoms in total. The van der Waals surface area contributed by atoms with Gasteiger partial charge in [-0.25, -0.2) is 4.98 Å². The van der Waals surface area contributed by atoms with Gasteiger partial charge in [-0.15, -0.1) is 11.3 Å². The maximum Gasteiger partial charge on any atom is 0.434 e. The number of benzene rings is 1. The predicted molar refractivity (Wildman–Crippen MR) is 71.5 cm³/mol. The molecule has 8 heteroatoms. The van der Waals surface area contributed by atoms with Crippen molar-refractivity contribution in [1.29, 1.82) is 0 Å². The fourth-order valence-corrected chi connectivity index (χ4v) is 2.29. The Kier molecular flexibility index (Phi) is 4.08. The number of anilines is 1. The van der Waals surface area contributed by atoms with Crippen LogP contribution in [-0.4, -0.2) is 16.7 Å². The highest BCUT2D eigenvalue weighted by atomic mass is 32.1. The third-order valence-electron chi connectivity index (χ3n) is 2.59. The highest BCUT2D eigenvalue weighted by Crippen LogP contribution is 2.32. The summed E-state index contributed by atoms with van der Waals surface area (Å²) >= 11 is 0.615. The Balaban J connectivity index is 2.19. The van der Waals surface area contributed by atoms with E-state index in [1.54, 1.807) is 0 Å². The number of thiazole rings is 1. The molecule has 0 saturated carbocycles. The zero-order valence-corrected chi connectivity index (χ0v) is 11.5. The van der Waals surface area contributed by atoms with Gasteiger partial charge in [0.05, 0.1) is 5.51 Å². The summed E-state index contributed by atoms with van der Waals surface area (Å²) in [6, 6.07) is 5.86. The average Bonchev–Trinajstić information content (AvgIpc) is 2.88. The second kappa shape index (κ2) is 5.65. The molecule has 0 radical (unpaired) electrons. The van der Waals surface area contributed by atoms with Crippen molar-refractivity contribution < 1.29 is 22.8 Å². The molecule has 1 aromatic carbocycles. The Morgan fingerprint density at radius 1 is 1.19 bits per heavy atom. The minimum Gasteiger partial charge on any atom is -0.321 e. The SMILES string of the molecule is CC(=O)c1ccc(NC(=O)c2scnc2C(F)(F)F)cc1. The van der Waals surface area contributed by atoms with E-state index < -0.39 is 22.7 Å². The van der Waals surface area contributed by atoms with Gasteiger partial charge in [-0.05, 0) is 31.2 Å². The van der Waals surface area contributed by atoms with Gasteiger partial charge in [0.1, 0.15) is 4.88 Å². The van der Waals surface area contributed by atoms with Gasteiger partial charge in [-0.1, -0.05) is 0 Å². The highest BCUT2D eigenvalue weighted by molar-refractivity contribution is 7.12. The number of alkyl halides is 3. The maximum atomic E-state index is 12.6. The molecule has 1 aromatic heterocycles. The van der Waals surface area contributed by atoms with Crippen LogP contribution in [0.3, 0.4) is 0 Å². The van der Waals surface area contributed by atoms with Crippen LogP contribution in [0, 0.1) is 0 Å². The Morgan fingerprint density at radius 3 is 2.33 bits per heavy atom. The summed E-state index contributed by atoms with van der Waals surface area (Å²) < 4.78 is 37.9. The molecule has 2 rings (SSSR count). The smallest absolute Gasteiger partial charge is 0.321 e. The molecule has 21 heavy (non-hydrogen) atoms. The molecule has 0 saturated heterocycles. The molecule has 110 valence electrons. The lowest BCUT2D eigenvalue weighted by Gasteiger charge is -2.07. The second-order valence-electron chi connectivity index (χ2n) is 4.12. The van der Waals surface area contributed by atoms with Gasteiger partial charge in [0, 0.05) is 11.3 Å². The minimum absolute atomic E-state index is 0.144. The molecule has 0 aliphatic heterocycles. The zero-order valence-electron chi connectivity index (χ0n) is 10.7. The van der Waals surface area contributed by atoms with Gasteiger partial charge in [0.25, 0.3) is 5.91 Å². The Morgan fingerprint density at radius 2 is 1.81 bits per heavy atom. The van der Waals surface area contributed by atoms with Gasteiger partial charge in [-0.2, -0.15) is 13.2 Å². The van der Waals surface area contributed by atoms with E-state index in [4.69, 9.17) is 0 Å². The van der Waals surface area contributed by atoms with Gasteiger partial charge in [0.15, 0.2) is 11.5 Å². The fraction of sp³-hybridized carbons (Fsp3) is 0.154. The summed E-state index contributed by atoms with van der Waals surface area (Å²) in [5, 5.41) is 2.34. The first kappa shape index (κ1) is 15.2. The summed E-state index contributed by atoms with van der Waals surface area (Å²) in [5.41, 5.74) is 0.509. The minimum atomic E-state index is -4.68. The summed E-state index contributed by atoms with van der Waals surface area (Å²) in [6.45, 7) is 1.39. The third kappa shape index (κ3) is 3.46. The molecule has 1 N–H and O–H groups in total. The lowest BCUT2D eigenvalue weighted by atomic mass is 10.1. The molecule has 0 bridgehead atoms. The van der Waals surface area contributed by atoms with E-state index in [0.717, 1.165) is 5.51 Å². The van der Waals surface area contributed by atoms with Crippen molar-refractivity contribution >= 4 is 28.7 Å². The Bertz CT molecular complexity index is 677. The number of ketones is 1. The Labute approximate surface area is 121 Å². The molecule has 0 unspecified atom stereocenters. The van der Waals surface area contributed by atoms with Crippen molar-refractivity contribution in [3.8, 4) is 0 Å². The number of hydrogen-bond donors (Lipinski definition) is 1. The number of carbonyl (C=O) groups is 2. The van der Waals surface area contributed by atoms with Gasteiger partial charge < -0.3 is 5.32 Å². The Hall–Kier alpha value is -2.22.